The lowest BCUT2D eigenvalue weighted by molar-refractivity contribution is -0.121. The molecule has 3 rings (SSSR count). The van der Waals surface area contributed by atoms with Gasteiger partial charge in [0.15, 0.2) is 5.82 Å². The van der Waals surface area contributed by atoms with Gasteiger partial charge in [0.05, 0.1) is 15.7 Å². The molecule has 0 spiro atoms. The van der Waals surface area contributed by atoms with E-state index in [0.717, 1.165) is 38.5 Å². The topological polar surface area (TPSA) is 109 Å². The first-order valence-corrected chi connectivity index (χ1v) is 11.2. The molecule has 1 aromatic carbocycles. The van der Waals surface area contributed by atoms with E-state index in [1.54, 1.807) is 0 Å². The zero-order valence-electron chi connectivity index (χ0n) is 17.1. The molecule has 0 unspecified atom stereocenters. The van der Waals surface area contributed by atoms with Gasteiger partial charge >= 0.3 is 0 Å². The van der Waals surface area contributed by atoms with Crippen LogP contribution in [-0.2, 0) is 21.5 Å². The molecule has 1 aliphatic carbocycles. The third-order valence-corrected chi connectivity index (χ3v) is 5.98. The Hall–Kier alpha value is -2.03. The zero-order valence-corrected chi connectivity index (χ0v) is 19.3. The van der Waals surface area contributed by atoms with Crippen LogP contribution in [0.4, 0.5) is 5.69 Å². The van der Waals surface area contributed by atoms with Crippen LogP contribution in [0.15, 0.2) is 16.7 Å². The minimum atomic E-state index is -0.615. The SMILES string of the molecule is CC(=O)NC1(c2noc(CCC(=O)NNc3c(Cl)cc(Cl)cc3Cl)n2)CCCCCC1. The summed E-state index contributed by atoms with van der Waals surface area (Å²) in [4.78, 5) is 28.5. The Morgan fingerprint density at radius 3 is 2.35 bits per heavy atom. The highest BCUT2D eigenvalue weighted by Crippen LogP contribution is 2.35. The van der Waals surface area contributed by atoms with E-state index in [4.69, 9.17) is 39.3 Å². The van der Waals surface area contributed by atoms with E-state index in [0.29, 0.717) is 22.4 Å². The Morgan fingerprint density at radius 1 is 1.10 bits per heavy atom. The third kappa shape index (κ3) is 6.24. The molecular weight excluding hydrogens is 465 g/mol. The average Bonchev–Trinajstić information content (AvgIpc) is 3.05. The van der Waals surface area contributed by atoms with E-state index in [9.17, 15) is 9.59 Å². The van der Waals surface area contributed by atoms with Crippen molar-refractivity contribution in [2.24, 2.45) is 0 Å². The summed E-state index contributed by atoms with van der Waals surface area (Å²) in [7, 11) is 0. The summed E-state index contributed by atoms with van der Waals surface area (Å²) in [5, 5.41) is 8.11. The monoisotopic (exact) mass is 487 g/mol. The van der Waals surface area contributed by atoms with Gasteiger partial charge in [0.25, 0.3) is 0 Å². The van der Waals surface area contributed by atoms with Crippen LogP contribution in [-0.4, -0.2) is 22.0 Å². The molecule has 3 N–H and O–H groups in total. The number of nitrogens with zero attached hydrogens (tertiary/aromatic N) is 2. The van der Waals surface area contributed by atoms with Crippen LogP contribution in [0.1, 0.15) is 63.6 Å². The highest BCUT2D eigenvalue weighted by Gasteiger charge is 2.38. The Labute approximate surface area is 195 Å². The molecule has 1 heterocycles. The van der Waals surface area contributed by atoms with Gasteiger partial charge in [0.2, 0.25) is 17.7 Å². The number of amides is 2. The van der Waals surface area contributed by atoms with Gasteiger partial charge < -0.3 is 9.84 Å². The standard InChI is InChI=1S/C20H24Cl3N5O3/c1-12(29)25-20(8-4-2-3-5-9-20)19-24-17(31-28-19)7-6-16(30)26-27-18-14(22)10-13(21)11-15(18)23/h10-11,27H,2-9H2,1H3,(H,25,29)(H,26,30). The van der Waals surface area contributed by atoms with Gasteiger partial charge in [-0.15, -0.1) is 0 Å². The van der Waals surface area contributed by atoms with E-state index < -0.39 is 5.54 Å². The van der Waals surface area contributed by atoms with Gasteiger partial charge in [0.1, 0.15) is 5.54 Å². The number of carbonyl (C=O) groups excluding carboxylic acids is 2. The van der Waals surface area contributed by atoms with Crippen LogP contribution in [0.5, 0.6) is 0 Å². The molecule has 31 heavy (non-hydrogen) atoms. The molecule has 0 saturated heterocycles. The number of carbonyl (C=O) groups is 2. The number of aromatic nitrogens is 2. The number of hydrazine groups is 1. The minimum absolute atomic E-state index is 0.102. The van der Waals surface area contributed by atoms with Crippen LogP contribution < -0.4 is 16.2 Å². The van der Waals surface area contributed by atoms with Crippen molar-refractivity contribution in [3.05, 3.63) is 38.9 Å². The molecule has 2 aromatic rings. The molecule has 0 aliphatic heterocycles. The molecule has 0 atom stereocenters. The van der Waals surface area contributed by atoms with Crippen molar-refractivity contribution in [3.8, 4) is 0 Å². The van der Waals surface area contributed by atoms with Crippen molar-refractivity contribution < 1.29 is 14.1 Å². The number of nitrogens with one attached hydrogen (secondary N) is 3. The molecule has 1 aromatic heterocycles. The maximum absolute atomic E-state index is 12.2. The molecular formula is C20H24Cl3N5O3. The lowest BCUT2D eigenvalue weighted by Gasteiger charge is -2.30. The molecule has 1 aliphatic rings. The van der Waals surface area contributed by atoms with Gasteiger partial charge in [-0.25, -0.2) is 0 Å². The fourth-order valence-electron chi connectivity index (χ4n) is 3.70. The lowest BCUT2D eigenvalue weighted by Crippen LogP contribution is -2.45. The fraction of sp³-hybridized carbons (Fsp3) is 0.500. The van der Waals surface area contributed by atoms with E-state index in [1.807, 2.05) is 0 Å². The summed E-state index contributed by atoms with van der Waals surface area (Å²) in [6.07, 6.45) is 6.06. The Morgan fingerprint density at radius 2 is 1.74 bits per heavy atom. The minimum Gasteiger partial charge on any atom is -0.343 e. The highest BCUT2D eigenvalue weighted by molar-refractivity contribution is 6.41. The summed E-state index contributed by atoms with van der Waals surface area (Å²) >= 11 is 18.0. The second kappa shape index (κ2) is 10.5. The second-order valence-corrected chi connectivity index (χ2v) is 8.86. The van der Waals surface area contributed by atoms with E-state index >= 15 is 0 Å². The van der Waals surface area contributed by atoms with Crippen LogP contribution in [0.2, 0.25) is 15.1 Å². The Bertz CT molecular complexity index is 919. The van der Waals surface area contributed by atoms with Crippen molar-refractivity contribution in [2.75, 3.05) is 5.43 Å². The quantitative estimate of drug-likeness (QED) is 0.382. The molecule has 2 amide bonds. The van der Waals surface area contributed by atoms with E-state index in [2.05, 4.69) is 26.3 Å². The number of benzene rings is 1. The summed E-state index contributed by atoms with van der Waals surface area (Å²) in [6.45, 7) is 1.49. The maximum Gasteiger partial charge on any atom is 0.238 e. The predicted molar refractivity (Wildman–Crippen MR) is 119 cm³/mol. The van der Waals surface area contributed by atoms with E-state index in [1.165, 1.54) is 19.1 Å². The largest absolute Gasteiger partial charge is 0.343 e. The first kappa shape index (κ1) is 23.6. The van der Waals surface area contributed by atoms with Crippen LogP contribution in [0.25, 0.3) is 0 Å². The molecule has 11 heteroatoms. The van der Waals surface area contributed by atoms with Crippen molar-refractivity contribution in [1.29, 1.82) is 0 Å². The molecule has 1 fully saturated rings. The second-order valence-electron chi connectivity index (χ2n) is 7.61. The highest BCUT2D eigenvalue weighted by atomic mass is 35.5. The van der Waals surface area contributed by atoms with Gasteiger partial charge in [-0.1, -0.05) is 65.6 Å². The predicted octanol–water partition coefficient (Wildman–Crippen LogP) is 4.79. The van der Waals surface area contributed by atoms with Crippen molar-refractivity contribution in [3.63, 3.8) is 0 Å². The molecule has 0 bridgehead atoms. The third-order valence-electron chi connectivity index (χ3n) is 5.17. The van der Waals surface area contributed by atoms with Crippen molar-refractivity contribution >= 4 is 52.3 Å². The summed E-state index contributed by atoms with van der Waals surface area (Å²) in [5.41, 5.74) is 4.97. The lowest BCUT2D eigenvalue weighted by atomic mass is 9.89. The fourth-order valence-corrected chi connectivity index (χ4v) is 4.61. The number of hydrogen-bond acceptors (Lipinski definition) is 6. The van der Waals surface area contributed by atoms with Crippen LogP contribution in [0.3, 0.4) is 0 Å². The van der Waals surface area contributed by atoms with Crippen molar-refractivity contribution in [1.82, 2.24) is 20.9 Å². The number of halogens is 3. The summed E-state index contributed by atoms with van der Waals surface area (Å²) in [5.74, 6) is 0.366. The van der Waals surface area contributed by atoms with Crippen LogP contribution >= 0.6 is 34.8 Å². The van der Waals surface area contributed by atoms with Gasteiger partial charge in [-0.05, 0) is 25.0 Å². The molecule has 168 valence electrons. The average molecular weight is 489 g/mol. The van der Waals surface area contributed by atoms with Crippen molar-refractivity contribution in [2.45, 2.75) is 63.8 Å². The van der Waals surface area contributed by atoms with Gasteiger partial charge in [-0.2, -0.15) is 4.98 Å². The number of aryl methyl sites for hydroxylation is 1. The number of rotatable bonds is 7. The first-order chi connectivity index (χ1) is 14.8. The summed E-state index contributed by atoms with van der Waals surface area (Å²) < 4.78 is 5.36. The maximum atomic E-state index is 12.2. The summed E-state index contributed by atoms with van der Waals surface area (Å²) in [6, 6.07) is 3.03. The van der Waals surface area contributed by atoms with E-state index in [-0.39, 0.29) is 34.7 Å². The molecule has 8 nitrogen and oxygen atoms in total. The van der Waals surface area contributed by atoms with Crippen LogP contribution in [0, 0.1) is 0 Å². The smallest absolute Gasteiger partial charge is 0.238 e. The number of hydrogen-bond donors (Lipinski definition) is 3. The number of anilines is 1. The Balaban J connectivity index is 1.59. The van der Waals surface area contributed by atoms with Gasteiger partial charge in [0, 0.05) is 24.8 Å². The van der Waals surface area contributed by atoms with Gasteiger partial charge in [-0.3, -0.25) is 20.4 Å². The molecule has 1 saturated carbocycles. The molecule has 0 radical (unpaired) electrons. The Kier molecular flexibility index (Phi) is 8.02. The first-order valence-electron chi connectivity index (χ1n) is 10.1. The normalized spacial score (nSPS) is 15.7. The zero-order chi connectivity index (χ0) is 22.4.